The summed E-state index contributed by atoms with van der Waals surface area (Å²) in [4.78, 5) is 29.4. The average Bonchev–Trinajstić information content (AvgIpc) is 3.09. The molecule has 0 atom stereocenters. The van der Waals surface area contributed by atoms with Gasteiger partial charge in [0.15, 0.2) is 5.69 Å². The van der Waals surface area contributed by atoms with Gasteiger partial charge in [-0.1, -0.05) is 30.3 Å². The van der Waals surface area contributed by atoms with Crippen LogP contribution >= 0.6 is 11.3 Å². The molecule has 0 radical (unpaired) electrons. The number of fused-ring (bicyclic) bond motifs is 2. The van der Waals surface area contributed by atoms with E-state index in [1.165, 1.54) is 16.0 Å². The molecule has 0 N–H and O–H groups in total. The molecule has 0 saturated carbocycles. The Labute approximate surface area is 152 Å². The summed E-state index contributed by atoms with van der Waals surface area (Å²) >= 11 is 1.48. The number of carbonyl (C=O) groups excluding carboxylic acids is 1. The molecule has 2 heterocycles. The van der Waals surface area contributed by atoms with Crippen molar-refractivity contribution in [1.29, 1.82) is 0 Å². The fraction of sp³-hybridized carbons (Fsp3) is 0.158. The summed E-state index contributed by atoms with van der Waals surface area (Å²) in [6.45, 7) is 2.25. The second-order valence-electron chi connectivity index (χ2n) is 5.67. The molecule has 0 unspecified atom stereocenters. The van der Waals surface area contributed by atoms with E-state index in [2.05, 4.69) is 10.1 Å². The molecule has 26 heavy (non-hydrogen) atoms. The van der Waals surface area contributed by atoms with E-state index >= 15 is 0 Å². The highest BCUT2D eigenvalue weighted by atomic mass is 32.1. The summed E-state index contributed by atoms with van der Waals surface area (Å²) in [5, 5.41) is 5.85. The number of esters is 1. The van der Waals surface area contributed by atoms with Crippen LogP contribution in [-0.4, -0.2) is 20.7 Å². The van der Waals surface area contributed by atoms with Gasteiger partial charge in [-0.3, -0.25) is 4.79 Å². The molecule has 4 rings (SSSR count). The van der Waals surface area contributed by atoms with Crippen LogP contribution in [0.2, 0.25) is 0 Å². The number of rotatable bonds is 4. The lowest BCUT2D eigenvalue weighted by molar-refractivity contribution is 0.0465. The zero-order valence-electron chi connectivity index (χ0n) is 14.0. The monoisotopic (exact) mass is 365 g/mol. The van der Waals surface area contributed by atoms with Crippen LogP contribution in [0, 0.1) is 0 Å². The van der Waals surface area contributed by atoms with Crippen molar-refractivity contribution in [2.75, 3.05) is 0 Å². The standard InChI is InChI=1S/C19H15N3O3S/c1-2-22-18(23)13-8-4-3-7-12(13)17(21-22)19(24)25-11-16-20-14-9-5-6-10-15(14)26-16/h3-10H,2,11H2,1H3. The Morgan fingerprint density at radius 1 is 1.12 bits per heavy atom. The second kappa shape index (κ2) is 6.68. The molecule has 130 valence electrons. The van der Waals surface area contributed by atoms with Crippen molar-refractivity contribution in [3.05, 3.63) is 69.6 Å². The van der Waals surface area contributed by atoms with E-state index in [1.54, 1.807) is 31.2 Å². The summed E-state index contributed by atoms with van der Waals surface area (Å²) in [5.74, 6) is -0.567. The zero-order chi connectivity index (χ0) is 18.1. The highest BCUT2D eigenvalue weighted by molar-refractivity contribution is 7.18. The lowest BCUT2D eigenvalue weighted by Gasteiger charge is -2.09. The van der Waals surface area contributed by atoms with Gasteiger partial charge >= 0.3 is 5.97 Å². The molecule has 7 heteroatoms. The maximum Gasteiger partial charge on any atom is 0.359 e. The van der Waals surface area contributed by atoms with E-state index in [0.717, 1.165) is 10.2 Å². The van der Waals surface area contributed by atoms with Gasteiger partial charge < -0.3 is 4.74 Å². The van der Waals surface area contributed by atoms with Gasteiger partial charge in [0.05, 0.1) is 15.6 Å². The summed E-state index contributed by atoms with van der Waals surface area (Å²) in [6, 6.07) is 14.7. The number of thiazole rings is 1. The van der Waals surface area contributed by atoms with Gasteiger partial charge in [0.25, 0.3) is 5.56 Å². The molecule has 0 aliphatic carbocycles. The molecule has 2 aromatic carbocycles. The lowest BCUT2D eigenvalue weighted by Crippen LogP contribution is -2.25. The van der Waals surface area contributed by atoms with Crippen LogP contribution in [0.15, 0.2) is 53.3 Å². The van der Waals surface area contributed by atoms with Crippen molar-refractivity contribution in [2.45, 2.75) is 20.1 Å². The Bertz CT molecular complexity index is 1150. The smallest absolute Gasteiger partial charge is 0.359 e. The highest BCUT2D eigenvalue weighted by Gasteiger charge is 2.18. The Kier molecular flexibility index (Phi) is 4.22. The molecule has 2 aromatic heterocycles. The van der Waals surface area contributed by atoms with E-state index in [1.807, 2.05) is 24.3 Å². The predicted molar refractivity (Wildman–Crippen MR) is 100 cm³/mol. The average molecular weight is 365 g/mol. The number of nitrogens with zero attached hydrogens (tertiary/aromatic N) is 3. The molecule has 0 spiro atoms. The number of carbonyl (C=O) groups is 1. The van der Waals surface area contributed by atoms with Gasteiger partial charge in [0, 0.05) is 11.9 Å². The van der Waals surface area contributed by atoms with Crippen LogP contribution in [-0.2, 0) is 17.9 Å². The largest absolute Gasteiger partial charge is 0.453 e. The third-order valence-corrected chi connectivity index (χ3v) is 5.04. The van der Waals surface area contributed by atoms with Crippen LogP contribution in [0.1, 0.15) is 22.4 Å². The Morgan fingerprint density at radius 2 is 1.85 bits per heavy atom. The minimum atomic E-state index is -0.567. The Balaban J connectivity index is 1.65. The number of para-hydroxylation sites is 1. The van der Waals surface area contributed by atoms with Crippen molar-refractivity contribution in [2.24, 2.45) is 0 Å². The number of ether oxygens (including phenoxy) is 1. The van der Waals surface area contributed by atoms with Crippen molar-refractivity contribution in [3.8, 4) is 0 Å². The molecule has 0 fully saturated rings. The van der Waals surface area contributed by atoms with Crippen LogP contribution in [0.5, 0.6) is 0 Å². The first-order valence-electron chi connectivity index (χ1n) is 8.19. The van der Waals surface area contributed by atoms with Gasteiger partial charge in [-0.2, -0.15) is 5.10 Å². The Hall–Kier alpha value is -3.06. The predicted octanol–water partition coefficient (Wildman–Crippen LogP) is 3.38. The van der Waals surface area contributed by atoms with Crippen molar-refractivity contribution >= 4 is 38.3 Å². The third kappa shape index (κ3) is 2.86. The molecular formula is C19H15N3O3S. The van der Waals surface area contributed by atoms with E-state index < -0.39 is 5.97 Å². The number of hydrogen-bond donors (Lipinski definition) is 0. The van der Waals surface area contributed by atoms with Gasteiger partial charge in [0.2, 0.25) is 0 Å². The van der Waals surface area contributed by atoms with Gasteiger partial charge in [-0.25, -0.2) is 14.5 Å². The maximum atomic E-state index is 12.6. The third-order valence-electron chi connectivity index (χ3n) is 4.03. The Morgan fingerprint density at radius 3 is 2.62 bits per heavy atom. The molecule has 0 saturated heterocycles. The lowest BCUT2D eigenvalue weighted by atomic mass is 10.1. The normalized spacial score (nSPS) is 11.1. The fourth-order valence-electron chi connectivity index (χ4n) is 2.78. The molecule has 4 aromatic rings. The van der Waals surface area contributed by atoms with Crippen LogP contribution in [0.3, 0.4) is 0 Å². The molecule has 0 aliphatic heterocycles. The van der Waals surface area contributed by atoms with Crippen LogP contribution < -0.4 is 5.56 Å². The van der Waals surface area contributed by atoms with Gasteiger partial charge in [-0.15, -0.1) is 11.3 Å². The van der Waals surface area contributed by atoms with Crippen molar-refractivity contribution < 1.29 is 9.53 Å². The summed E-state index contributed by atoms with van der Waals surface area (Å²) in [7, 11) is 0. The number of benzene rings is 2. The van der Waals surface area contributed by atoms with Crippen LogP contribution in [0.25, 0.3) is 21.0 Å². The first-order chi connectivity index (χ1) is 12.7. The minimum absolute atomic E-state index is 0.0689. The van der Waals surface area contributed by atoms with E-state index in [0.29, 0.717) is 22.3 Å². The fourth-order valence-corrected chi connectivity index (χ4v) is 3.66. The molecule has 6 nitrogen and oxygen atoms in total. The molecule has 0 amide bonds. The summed E-state index contributed by atoms with van der Waals surface area (Å²) in [6.07, 6.45) is 0. The first kappa shape index (κ1) is 16.4. The number of hydrogen-bond acceptors (Lipinski definition) is 6. The molecule has 0 aliphatic rings. The molecular weight excluding hydrogens is 350 g/mol. The van der Waals surface area contributed by atoms with E-state index in [4.69, 9.17) is 4.74 Å². The number of aromatic nitrogens is 3. The topological polar surface area (TPSA) is 74.1 Å². The SMILES string of the molecule is CCn1nc(C(=O)OCc2nc3ccccc3s2)c2ccccc2c1=O. The number of aryl methyl sites for hydroxylation is 1. The van der Waals surface area contributed by atoms with E-state index in [9.17, 15) is 9.59 Å². The van der Waals surface area contributed by atoms with Crippen molar-refractivity contribution in [1.82, 2.24) is 14.8 Å². The zero-order valence-corrected chi connectivity index (χ0v) is 14.8. The van der Waals surface area contributed by atoms with E-state index in [-0.39, 0.29) is 17.9 Å². The van der Waals surface area contributed by atoms with Crippen molar-refractivity contribution in [3.63, 3.8) is 0 Å². The van der Waals surface area contributed by atoms with Gasteiger partial charge in [0.1, 0.15) is 11.6 Å². The highest BCUT2D eigenvalue weighted by Crippen LogP contribution is 2.22. The first-order valence-corrected chi connectivity index (χ1v) is 9.00. The maximum absolute atomic E-state index is 12.6. The quantitative estimate of drug-likeness (QED) is 0.518. The van der Waals surface area contributed by atoms with Crippen LogP contribution in [0.4, 0.5) is 0 Å². The minimum Gasteiger partial charge on any atom is -0.453 e. The summed E-state index contributed by atoms with van der Waals surface area (Å²) < 4.78 is 7.74. The molecule has 0 bridgehead atoms. The second-order valence-corrected chi connectivity index (χ2v) is 6.78. The van der Waals surface area contributed by atoms with Gasteiger partial charge in [-0.05, 0) is 25.1 Å². The summed E-state index contributed by atoms with van der Waals surface area (Å²) in [5.41, 5.74) is 0.806.